The third-order valence-electron chi connectivity index (χ3n) is 2.05. The molecule has 0 aliphatic carbocycles. The average molecular weight is 279 g/mol. The minimum atomic E-state index is -3.05. The van der Waals surface area contributed by atoms with Crippen molar-refractivity contribution in [1.82, 2.24) is 0 Å². The minimum Gasteiger partial charge on any atom is -0.435 e. The molecule has 102 valence electrons. The Morgan fingerprint density at radius 2 is 1.83 bits per heavy atom. The van der Waals surface area contributed by atoms with Crippen LogP contribution < -0.4 is 10.1 Å². The van der Waals surface area contributed by atoms with Crippen LogP contribution in [0.1, 0.15) is 6.92 Å². The van der Waals surface area contributed by atoms with Crippen molar-refractivity contribution in [1.29, 1.82) is 0 Å². The molecule has 0 heterocycles. The predicted molar refractivity (Wildman–Crippen MR) is 65.9 cm³/mol. The van der Waals surface area contributed by atoms with Crippen molar-refractivity contribution < 1.29 is 21.9 Å². The first-order valence-electron chi connectivity index (χ1n) is 5.25. The van der Waals surface area contributed by atoms with E-state index in [0.717, 1.165) is 6.26 Å². The van der Waals surface area contributed by atoms with Crippen molar-refractivity contribution in [2.24, 2.45) is 0 Å². The molecule has 0 fully saturated rings. The number of sulfone groups is 1. The van der Waals surface area contributed by atoms with Gasteiger partial charge in [0, 0.05) is 18.0 Å². The molecule has 0 aliphatic rings. The second-order valence-electron chi connectivity index (χ2n) is 4.04. The van der Waals surface area contributed by atoms with E-state index in [0.29, 0.717) is 5.69 Å². The molecule has 18 heavy (non-hydrogen) atoms. The molecule has 1 rings (SSSR count). The zero-order valence-corrected chi connectivity index (χ0v) is 10.9. The molecule has 1 N–H and O–H groups in total. The van der Waals surface area contributed by atoms with Crippen LogP contribution in [0, 0.1) is 0 Å². The first-order valence-corrected chi connectivity index (χ1v) is 7.31. The average Bonchev–Trinajstić information content (AvgIpc) is 2.17. The summed E-state index contributed by atoms with van der Waals surface area (Å²) in [5.74, 6) is 0.0637. The summed E-state index contributed by atoms with van der Waals surface area (Å²) in [6.07, 6.45) is 1.16. The largest absolute Gasteiger partial charge is 0.435 e. The van der Waals surface area contributed by atoms with Crippen LogP contribution in [0.15, 0.2) is 24.3 Å². The fourth-order valence-corrected chi connectivity index (χ4v) is 2.50. The third-order valence-corrected chi connectivity index (χ3v) is 3.15. The van der Waals surface area contributed by atoms with Crippen LogP contribution in [0.5, 0.6) is 5.75 Å². The number of halogens is 2. The molecule has 0 aromatic heterocycles. The highest BCUT2D eigenvalue weighted by Gasteiger charge is 2.10. The van der Waals surface area contributed by atoms with Gasteiger partial charge in [-0.15, -0.1) is 0 Å². The predicted octanol–water partition coefficient (Wildman–Crippen LogP) is 2.13. The summed E-state index contributed by atoms with van der Waals surface area (Å²) >= 11 is 0. The van der Waals surface area contributed by atoms with Gasteiger partial charge in [0.05, 0.1) is 5.75 Å². The number of rotatable bonds is 6. The molecule has 7 heteroatoms. The van der Waals surface area contributed by atoms with Crippen molar-refractivity contribution in [3.05, 3.63) is 24.3 Å². The maximum atomic E-state index is 11.9. The van der Waals surface area contributed by atoms with Crippen LogP contribution in [0.2, 0.25) is 0 Å². The Morgan fingerprint density at radius 3 is 2.28 bits per heavy atom. The van der Waals surface area contributed by atoms with E-state index in [-0.39, 0.29) is 17.5 Å². The first kappa shape index (κ1) is 14.7. The van der Waals surface area contributed by atoms with Crippen molar-refractivity contribution in [3.63, 3.8) is 0 Å². The highest BCUT2D eigenvalue weighted by molar-refractivity contribution is 7.90. The van der Waals surface area contributed by atoms with Crippen molar-refractivity contribution >= 4 is 15.5 Å². The van der Waals surface area contributed by atoms with Gasteiger partial charge in [0.25, 0.3) is 0 Å². The van der Waals surface area contributed by atoms with Crippen LogP contribution in [0.25, 0.3) is 0 Å². The van der Waals surface area contributed by atoms with E-state index in [9.17, 15) is 17.2 Å². The summed E-state index contributed by atoms with van der Waals surface area (Å²) in [6, 6.07) is 5.62. The number of alkyl halides is 2. The summed E-state index contributed by atoms with van der Waals surface area (Å²) in [7, 11) is -3.05. The van der Waals surface area contributed by atoms with Gasteiger partial charge in [0.15, 0.2) is 0 Å². The van der Waals surface area contributed by atoms with E-state index >= 15 is 0 Å². The quantitative estimate of drug-likeness (QED) is 0.866. The smallest absolute Gasteiger partial charge is 0.387 e. The minimum absolute atomic E-state index is 0.00227. The summed E-state index contributed by atoms with van der Waals surface area (Å²) in [5, 5.41) is 2.96. The lowest BCUT2D eigenvalue weighted by Crippen LogP contribution is -2.24. The lowest BCUT2D eigenvalue weighted by atomic mass is 10.2. The topological polar surface area (TPSA) is 55.4 Å². The maximum Gasteiger partial charge on any atom is 0.387 e. The van der Waals surface area contributed by atoms with Gasteiger partial charge in [-0.3, -0.25) is 0 Å². The van der Waals surface area contributed by atoms with Crippen molar-refractivity contribution in [2.45, 2.75) is 19.6 Å². The Bertz CT molecular complexity index is 474. The Hall–Kier alpha value is -1.37. The van der Waals surface area contributed by atoms with Crippen LogP contribution >= 0.6 is 0 Å². The van der Waals surface area contributed by atoms with Crippen LogP contribution in [0.4, 0.5) is 14.5 Å². The molecule has 0 bridgehead atoms. The number of anilines is 1. The third kappa shape index (κ3) is 5.81. The number of benzene rings is 1. The summed E-state index contributed by atoms with van der Waals surface area (Å²) in [5.41, 5.74) is 0.646. The van der Waals surface area contributed by atoms with Crippen molar-refractivity contribution in [3.8, 4) is 5.75 Å². The second kappa shape index (κ2) is 5.99. The fraction of sp³-hybridized carbons (Fsp3) is 0.455. The lowest BCUT2D eigenvalue weighted by molar-refractivity contribution is -0.0498. The molecule has 1 aromatic carbocycles. The molecule has 0 spiro atoms. The van der Waals surface area contributed by atoms with Crippen LogP contribution in [0.3, 0.4) is 0 Å². The van der Waals surface area contributed by atoms with E-state index in [2.05, 4.69) is 10.1 Å². The van der Waals surface area contributed by atoms with Gasteiger partial charge >= 0.3 is 6.61 Å². The zero-order chi connectivity index (χ0) is 13.8. The molecule has 1 atom stereocenters. The Morgan fingerprint density at radius 1 is 1.28 bits per heavy atom. The van der Waals surface area contributed by atoms with Gasteiger partial charge in [0.2, 0.25) is 0 Å². The molecule has 0 saturated carbocycles. The normalized spacial score (nSPS) is 13.4. The summed E-state index contributed by atoms with van der Waals surface area (Å²) < 4.78 is 50.2. The fourth-order valence-electron chi connectivity index (χ4n) is 1.51. The molecule has 1 aromatic rings. The summed E-state index contributed by atoms with van der Waals surface area (Å²) in [6.45, 7) is -1.13. The second-order valence-corrected chi connectivity index (χ2v) is 6.23. The molecule has 0 saturated heterocycles. The van der Waals surface area contributed by atoms with Gasteiger partial charge in [-0.1, -0.05) is 0 Å². The van der Waals surface area contributed by atoms with E-state index in [1.54, 1.807) is 19.1 Å². The molecule has 0 amide bonds. The maximum absolute atomic E-state index is 11.9. The number of ether oxygens (including phenoxy) is 1. The van der Waals surface area contributed by atoms with E-state index in [1.165, 1.54) is 12.1 Å². The van der Waals surface area contributed by atoms with E-state index in [1.807, 2.05) is 0 Å². The summed E-state index contributed by atoms with van der Waals surface area (Å²) in [4.78, 5) is 0. The van der Waals surface area contributed by atoms with Gasteiger partial charge < -0.3 is 10.1 Å². The number of hydrogen-bond acceptors (Lipinski definition) is 4. The lowest BCUT2D eigenvalue weighted by Gasteiger charge is -2.14. The highest BCUT2D eigenvalue weighted by atomic mass is 32.2. The molecule has 0 aliphatic heterocycles. The molecular formula is C11H15F2NO3S. The van der Waals surface area contributed by atoms with E-state index in [4.69, 9.17) is 0 Å². The van der Waals surface area contributed by atoms with Crippen LogP contribution in [-0.2, 0) is 9.84 Å². The Balaban J connectivity index is 2.58. The standard InChI is InChI=1S/C11H15F2NO3S/c1-8(7-18(2,15)16)14-9-3-5-10(6-4-9)17-11(12)13/h3-6,8,11,14H,7H2,1-2H3. The number of nitrogens with one attached hydrogen (secondary N) is 1. The van der Waals surface area contributed by atoms with Gasteiger partial charge in [-0.25, -0.2) is 8.42 Å². The zero-order valence-electron chi connectivity index (χ0n) is 10.1. The van der Waals surface area contributed by atoms with Gasteiger partial charge in [-0.05, 0) is 31.2 Å². The van der Waals surface area contributed by atoms with Gasteiger partial charge in [0.1, 0.15) is 15.6 Å². The van der Waals surface area contributed by atoms with Crippen LogP contribution in [-0.4, -0.2) is 33.1 Å². The monoisotopic (exact) mass is 279 g/mol. The Kier molecular flexibility index (Phi) is 4.89. The van der Waals surface area contributed by atoms with Gasteiger partial charge in [-0.2, -0.15) is 8.78 Å². The molecule has 1 unspecified atom stereocenters. The molecule has 4 nitrogen and oxygen atoms in total. The molecule has 0 radical (unpaired) electrons. The molecular weight excluding hydrogens is 264 g/mol. The highest BCUT2D eigenvalue weighted by Crippen LogP contribution is 2.18. The Labute approximate surface area is 105 Å². The van der Waals surface area contributed by atoms with Crippen molar-refractivity contribution in [2.75, 3.05) is 17.3 Å². The SMILES string of the molecule is CC(CS(C)(=O)=O)Nc1ccc(OC(F)F)cc1. The van der Waals surface area contributed by atoms with E-state index < -0.39 is 16.4 Å². The first-order chi connectivity index (χ1) is 8.26. The number of hydrogen-bond donors (Lipinski definition) is 1.